The van der Waals surface area contributed by atoms with Crippen LogP contribution in [-0.2, 0) is 6.54 Å². The predicted molar refractivity (Wildman–Crippen MR) is 76.5 cm³/mol. The molecule has 0 unspecified atom stereocenters. The van der Waals surface area contributed by atoms with Crippen molar-refractivity contribution in [2.45, 2.75) is 13.5 Å². The van der Waals surface area contributed by atoms with Gasteiger partial charge in [-0.25, -0.2) is 9.37 Å². The SMILES string of the molecule is Cc1ncn(Cc2c(F)cccc2Cl)c(=O)c1I. The quantitative estimate of drug-likeness (QED) is 0.753. The number of aromatic nitrogens is 2. The first kappa shape index (κ1) is 13.5. The van der Waals surface area contributed by atoms with E-state index in [1.165, 1.54) is 23.0 Å². The molecule has 0 spiro atoms. The van der Waals surface area contributed by atoms with Crippen molar-refractivity contribution in [2.75, 3.05) is 0 Å². The maximum Gasteiger partial charge on any atom is 0.267 e. The second kappa shape index (κ2) is 5.36. The van der Waals surface area contributed by atoms with Crippen molar-refractivity contribution in [2.24, 2.45) is 0 Å². The largest absolute Gasteiger partial charge is 0.294 e. The summed E-state index contributed by atoms with van der Waals surface area (Å²) in [5.74, 6) is -0.426. The van der Waals surface area contributed by atoms with E-state index in [1.54, 1.807) is 13.0 Å². The first-order valence-corrected chi connectivity index (χ1v) is 6.61. The molecular weight excluding hydrogens is 370 g/mol. The van der Waals surface area contributed by atoms with Crippen molar-refractivity contribution in [3.8, 4) is 0 Å². The average Bonchev–Trinajstić information content (AvgIpc) is 2.34. The third kappa shape index (κ3) is 2.56. The lowest BCUT2D eigenvalue weighted by Gasteiger charge is -2.09. The number of aryl methyl sites for hydroxylation is 1. The molecule has 0 saturated heterocycles. The lowest BCUT2D eigenvalue weighted by Crippen LogP contribution is -2.25. The van der Waals surface area contributed by atoms with Crippen molar-refractivity contribution < 1.29 is 4.39 Å². The maximum atomic E-state index is 13.6. The van der Waals surface area contributed by atoms with Crippen LogP contribution < -0.4 is 5.56 Å². The summed E-state index contributed by atoms with van der Waals surface area (Å²) in [4.78, 5) is 16.1. The van der Waals surface area contributed by atoms with Crippen LogP contribution in [0.2, 0.25) is 5.02 Å². The lowest BCUT2D eigenvalue weighted by atomic mass is 10.2. The van der Waals surface area contributed by atoms with Crippen molar-refractivity contribution in [3.05, 3.63) is 60.5 Å². The molecule has 94 valence electrons. The van der Waals surface area contributed by atoms with Crippen molar-refractivity contribution >= 4 is 34.2 Å². The molecule has 1 heterocycles. The van der Waals surface area contributed by atoms with E-state index < -0.39 is 5.82 Å². The topological polar surface area (TPSA) is 34.9 Å². The monoisotopic (exact) mass is 378 g/mol. The highest BCUT2D eigenvalue weighted by molar-refractivity contribution is 14.1. The minimum absolute atomic E-state index is 0.0770. The van der Waals surface area contributed by atoms with Gasteiger partial charge in [-0.3, -0.25) is 9.36 Å². The van der Waals surface area contributed by atoms with Gasteiger partial charge < -0.3 is 0 Å². The van der Waals surface area contributed by atoms with Gasteiger partial charge in [0, 0.05) is 10.6 Å². The van der Waals surface area contributed by atoms with E-state index in [9.17, 15) is 9.18 Å². The summed E-state index contributed by atoms with van der Waals surface area (Å²) >= 11 is 7.86. The summed E-state index contributed by atoms with van der Waals surface area (Å²) in [6, 6.07) is 4.44. The van der Waals surface area contributed by atoms with Gasteiger partial charge in [0.15, 0.2) is 0 Å². The summed E-state index contributed by atoms with van der Waals surface area (Å²) in [5, 5.41) is 0.303. The van der Waals surface area contributed by atoms with Crippen LogP contribution in [0.3, 0.4) is 0 Å². The molecule has 0 aliphatic carbocycles. The normalized spacial score (nSPS) is 10.7. The third-order valence-electron chi connectivity index (χ3n) is 2.55. The van der Waals surface area contributed by atoms with Crippen LogP contribution in [0.4, 0.5) is 4.39 Å². The molecule has 0 amide bonds. The van der Waals surface area contributed by atoms with Gasteiger partial charge >= 0.3 is 0 Å². The Labute approximate surface area is 122 Å². The van der Waals surface area contributed by atoms with E-state index in [4.69, 9.17) is 11.6 Å². The van der Waals surface area contributed by atoms with Gasteiger partial charge in [0.05, 0.1) is 22.1 Å². The first-order valence-electron chi connectivity index (χ1n) is 5.15. The molecule has 2 aromatic rings. The highest BCUT2D eigenvalue weighted by Gasteiger charge is 2.11. The second-order valence-corrected chi connectivity index (χ2v) is 5.26. The molecule has 0 bridgehead atoms. The number of halogens is 3. The Bertz CT molecular complexity index is 637. The molecule has 18 heavy (non-hydrogen) atoms. The van der Waals surface area contributed by atoms with E-state index in [1.807, 2.05) is 22.6 Å². The van der Waals surface area contributed by atoms with Crippen LogP contribution in [0.1, 0.15) is 11.3 Å². The van der Waals surface area contributed by atoms with Crippen molar-refractivity contribution in [3.63, 3.8) is 0 Å². The van der Waals surface area contributed by atoms with Crippen molar-refractivity contribution in [1.82, 2.24) is 9.55 Å². The molecule has 0 radical (unpaired) electrons. The number of hydrogen-bond acceptors (Lipinski definition) is 2. The van der Waals surface area contributed by atoms with Crippen LogP contribution in [-0.4, -0.2) is 9.55 Å². The Hall–Kier alpha value is -0.950. The highest BCUT2D eigenvalue weighted by atomic mass is 127. The minimum Gasteiger partial charge on any atom is -0.294 e. The zero-order chi connectivity index (χ0) is 13.3. The number of rotatable bonds is 2. The van der Waals surface area contributed by atoms with Crippen molar-refractivity contribution in [1.29, 1.82) is 0 Å². The first-order chi connectivity index (χ1) is 8.50. The van der Waals surface area contributed by atoms with Gasteiger partial charge in [-0.2, -0.15) is 0 Å². The Kier molecular flexibility index (Phi) is 4.01. The molecule has 0 aliphatic rings. The van der Waals surface area contributed by atoms with Gasteiger partial charge in [-0.15, -0.1) is 0 Å². The molecule has 0 fully saturated rings. The summed E-state index contributed by atoms with van der Waals surface area (Å²) < 4.78 is 15.5. The summed E-state index contributed by atoms with van der Waals surface area (Å²) in [7, 11) is 0. The molecule has 3 nitrogen and oxygen atoms in total. The van der Waals surface area contributed by atoms with Crippen LogP contribution in [0, 0.1) is 16.3 Å². The molecule has 0 aliphatic heterocycles. The third-order valence-corrected chi connectivity index (χ3v) is 4.14. The van der Waals surface area contributed by atoms with Crippen LogP contribution >= 0.6 is 34.2 Å². The molecular formula is C12H9ClFIN2O. The number of hydrogen-bond donors (Lipinski definition) is 0. The Balaban J connectivity index is 2.47. The van der Waals surface area contributed by atoms with E-state index in [2.05, 4.69) is 4.98 Å². The van der Waals surface area contributed by atoms with Gasteiger partial charge in [0.1, 0.15) is 5.82 Å². The second-order valence-electron chi connectivity index (χ2n) is 3.78. The minimum atomic E-state index is -0.426. The summed E-state index contributed by atoms with van der Waals surface area (Å²) in [6.45, 7) is 1.83. The number of benzene rings is 1. The summed E-state index contributed by atoms with van der Waals surface area (Å²) in [6.07, 6.45) is 1.41. The van der Waals surface area contributed by atoms with E-state index in [-0.39, 0.29) is 12.1 Å². The standard InChI is InChI=1S/C12H9ClFIN2O/c1-7-11(15)12(18)17(6-16-7)5-8-9(13)3-2-4-10(8)14/h2-4,6H,5H2,1H3. The Morgan fingerprint density at radius 1 is 1.50 bits per heavy atom. The zero-order valence-electron chi connectivity index (χ0n) is 9.45. The van der Waals surface area contributed by atoms with Crippen LogP contribution in [0.25, 0.3) is 0 Å². The smallest absolute Gasteiger partial charge is 0.267 e. The van der Waals surface area contributed by atoms with E-state index >= 15 is 0 Å². The van der Waals surface area contributed by atoms with Crippen LogP contribution in [0.5, 0.6) is 0 Å². The maximum absolute atomic E-state index is 13.6. The van der Waals surface area contributed by atoms with E-state index in [0.29, 0.717) is 19.9 Å². The molecule has 2 rings (SSSR count). The fourth-order valence-electron chi connectivity index (χ4n) is 1.51. The summed E-state index contributed by atoms with van der Waals surface area (Å²) in [5.41, 5.74) is 0.765. The Morgan fingerprint density at radius 3 is 2.89 bits per heavy atom. The number of nitrogens with zero attached hydrogens (tertiary/aromatic N) is 2. The predicted octanol–water partition coefficient (Wildman–Crippen LogP) is 3.00. The molecule has 6 heteroatoms. The molecule has 0 saturated carbocycles. The van der Waals surface area contributed by atoms with Gasteiger partial charge in [0.2, 0.25) is 0 Å². The van der Waals surface area contributed by atoms with Crippen LogP contribution in [0.15, 0.2) is 29.3 Å². The fourth-order valence-corrected chi connectivity index (χ4v) is 2.18. The zero-order valence-corrected chi connectivity index (χ0v) is 12.4. The Morgan fingerprint density at radius 2 is 2.22 bits per heavy atom. The van der Waals surface area contributed by atoms with Gasteiger partial charge in [-0.05, 0) is 41.6 Å². The molecule has 0 N–H and O–H groups in total. The van der Waals surface area contributed by atoms with Gasteiger partial charge in [0.25, 0.3) is 5.56 Å². The highest BCUT2D eigenvalue weighted by Crippen LogP contribution is 2.19. The fraction of sp³-hybridized carbons (Fsp3) is 0.167. The molecule has 0 atom stereocenters. The lowest BCUT2D eigenvalue weighted by molar-refractivity contribution is 0.593. The molecule has 1 aromatic carbocycles. The average molecular weight is 379 g/mol. The molecule has 1 aromatic heterocycles. The van der Waals surface area contributed by atoms with Gasteiger partial charge in [-0.1, -0.05) is 17.7 Å². The van der Waals surface area contributed by atoms with E-state index in [0.717, 1.165) is 0 Å².